The Hall–Kier alpha value is -3.54. The molecule has 0 saturated carbocycles. The number of rotatable bonds is 11. The number of primary amides is 1. The van der Waals surface area contributed by atoms with Gasteiger partial charge < -0.3 is 26.0 Å². The van der Waals surface area contributed by atoms with Gasteiger partial charge in [0, 0.05) is 17.6 Å². The predicted octanol–water partition coefficient (Wildman–Crippen LogP) is 3.41. The van der Waals surface area contributed by atoms with E-state index in [9.17, 15) is 19.2 Å². The molecule has 4 amide bonds. The summed E-state index contributed by atoms with van der Waals surface area (Å²) in [5.41, 5.74) is 4.92. The second-order valence-corrected chi connectivity index (χ2v) is 11.0. The van der Waals surface area contributed by atoms with Crippen LogP contribution in [-0.2, 0) is 19.1 Å². The van der Waals surface area contributed by atoms with Crippen molar-refractivity contribution in [3.63, 3.8) is 0 Å². The Kier molecular flexibility index (Phi) is 11.6. The van der Waals surface area contributed by atoms with Gasteiger partial charge in [0.2, 0.25) is 17.7 Å². The van der Waals surface area contributed by atoms with Crippen molar-refractivity contribution in [2.24, 2.45) is 5.73 Å². The van der Waals surface area contributed by atoms with E-state index in [1.807, 2.05) is 27.7 Å². The summed E-state index contributed by atoms with van der Waals surface area (Å²) in [6.45, 7) is 12.7. The first-order chi connectivity index (χ1) is 17.1. The van der Waals surface area contributed by atoms with Crippen LogP contribution in [0.15, 0.2) is 24.3 Å². The van der Waals surface area contributed by atoms with E-state index in [2.05, 4.69) is 16.6 Å². The first-order valence-electron chi connectivity index (χ1n) is 12.6. The SMILES string of the molecule is C#Cc1ccccc1C(C(=O)NC(C)(C)C)N(CCCCC)C(=O)C(CC(N)=O)NC(=O)OC(C)(C)C. The van der Waals surface area contributed by atoms with E-state index in [4.69, 9.17) is 16.9 Å². The highest BCUT2D eigenvalue weighted by atomic mass is 16.6. The highest BCUT2D eigenvalue weighted by molar-refractivity contribution is 5.95. The molecule has 0 fully saturated rings. The third-order valence-electron chi connectivity index (χ3n) is 5.15. The van der Waals surface area contributed by atoms with E-state index >= 15 is 0 Å². The minimum absolute atomic E-state index is 0.194. The van der Waals surface area contributed by atoms with E-state index in [0.29, 0.717) is 17.5 Å². The maximum absolute atomic E-state index is 14.0. The molecule has 0 bridgehead atoms. The second kappa shape index (κ2) is 13.7. The minimum atomic E-state index is -1.34. The highest BCUT2D eigenvalue weighted by Gasteiger charge is 2.38. The van der Waals surface area contributed by atoms with Crippen LogP contribution in [0.25, 0.3) is 0 Å². The molecule has 1 aromatic carbocycles. The molecule has 204 valence electrons. The van der Waals surface area contributed by atoms with E-state index in [1.54, 1.807) is 45.0 Å². The molecule has 1 aromatic rings. The Labute approximate surface area is 220 Å². The largest absolute Gasteiger partial charge is 0.444 e. The van der Waals surface area contributed by atoms with Crippen molar-refractivity contribution < 1.29 is 23.9 Å². The maximum Gasteiger partial charge on any atom is 0.408 e. The molecule has 0 aliphatic rings. The van der Waals surface area contributed by atoms with Crippen molar-refractivity contribution in [3.05, 3.63) is 35.4 Å². The topological polar surface area (TPSA) is 131 Å². The number of terminal acetylenes is 1. The van der Waals surface area contributed by atoms with Crippen LogP contribution in [0.3, 0.4) is 0 Å². The van der Waals surface area contributed by atoms with Crippen molar-refractivity contribution in [3.8, 4) is 12.3 Å². The van der Waals surface area contributed by atoms with E-state index in [-0.39, 0.29) is 6.54 Å². The van der Waals surface area contributed by atoms with E-state index < -0.39 is 53.5 Å². The number of hydrogen-bond donors (Lipinski definition) is 3. The number of benzene rings is 1. The van der Waals surface area contributed by atoms with Crippen LogP contribution in [0.2, 0.25) is 0 Å². The minimum Gasteiger partial charge on any atom is -0.444 e. The third-order valence-corrected chi connectivity index (χ3v) is 5.15. The molecule has 1 rings (SSSR count). The normalized spacial score (nSPS) is 13.0. The summed E-state index contributed by atoms with van der Waals surface area (Å²) in [6, 6.07) is 4.44. The Morgan fingerprint density at radius 2 is 1.70 bits per heavy atom. The molecule has 9 heteroatoms. The fraction of sp³-hybridized carbons (Fsp3) is 0.571. The molecule has 4 N–H and O–H groups in total. The first-order valence-corrected chi connectivity index (χ1v) is 12.6. The zero-order valence-electron chi connectivity index (χ0n) is 23.1. The van der Waals surface area contributed by atoms with Gasteiger partial charge in [0.15, 0.2) is 0 Å². The lowest BCUT2D eigenvalue weighted by molar-refractivity contribution is -0.144. The fourth-order valence-corrected chi connectivity index (χ4v) is 3.71. The molecular formula is C28H42N4O5. The van der Waals surface area contributed by atoms with Crippen molar-refractivity contribution in [2.45, 2.75) is 97.4 Å². The quantitative estimate of drug-likeness (QED) is 0.308. The molecule has 0 aliphatic heterocycles. The van der Waals surface area contributed by atoms with Gasteiger partial charge >= 0.3 is 6.09 Å². The Bertz CT molecular complexity index is 1000. The number of amides is 4. The molecular weight excluding hydrogens is 472 g/mol. The molecule has 0 spiro atoms. The number of unbranched alkanes of at least 4 members (excludes halogenated alkanes) is 2. The van der Waals surface area contributed by atoms with Crippen molar-refractivity contribution >= 4 is 23.8 Å². The number of hydrogen-bond acceptors (Lipinski definition) is 5. The van der Waals surface area contributed by atoms with Crippen molar-refractivity contribution in [2.75, 3.05) is 6.54 Å². The van der Waals surface area contributed by atoms with Crippen LogP contribution in [0, 0.1) is 12.3 Å². The Morgan fingerprint density at radius 3 is 2.22 bits per heavy atom. The van der Waals surface area contributed by atoms with E-state index in [1.165, 1.54) is 4.90 Å². The zero-order valence-corrected chi connectivity index (χ0v) is 23.1. The van der Waals surface area contributed by atoms with Gasteiger partial charge in [-0.05, 0) is 59.6 Å². The summed E-state index contributed by atoms with van der Waals surface area (Å²) in [4.78, 5) is 53.4. The van der Waals surface area contributed by atoms with E-state index in [0.717, 1.165) is 12.8 Å². The molecule has 37 heavy (non-hydrogen) atoms. The number of carbonyl (C=O) groups is 4. The number of alkyl carbamates (subject to hydrolysis) is 1. The Balaban J connectivity index is 3.62. The molecule has 0 saturated heterocycles. The summed E-state index contributed by atoms with van der Waals surface area (Å²) >= 11 is 0. The third kappa shape index (κ3) is 10.9. The molecule has 0 radical (unpaired) electrons. The molecule has 0 aliphatic carbocycles. The maximum atomic E-state index is 14.0. The summed E-state index contributed by atoms with van der Waals surface area (Å²) in [6.07, 6.45) is 6.67. The number of nitrogens with zero attached hydrogens (tertiary/aromatic N) is 1. The molecule has 9 nitrogen and oxygen atoms in total. The summed E-state index contributed by atoms with van der Waals surface area (Å²) in [5.74, 6) is 0.731. The Morgan fingerprint density at radius 1 is 1.08 bits per heavy atom. The van der Waals surface area contributed by atoms with Crippen LogP contribution in [0.1, 0.15) is 91.3 Å². The van der Waals surface area contributed by atoms with Gasteiger partial charge in [-0.25, -0.2) is 4.79 Å². The summed E-state index contributed by atoms with van der Waals surface area (Å²) in [7, 11) is 0. The number of ether oxygens (including phenoxy) is 1. The summed E-state index contributed by atoms with van der Waals surface area (Å²) < 4.78 is 5.29. The molecule has 2 unspecified atom stereocenters. The number of nitrogens with two attached hydrogens (primary N) is 1. The van der Waals surface area contributed by atoms with Gasteiger partial charge in [0.05, 0.1) is 6.42 Å². The average Bonchev–Trinajstić information content (AvgIpc) is 2.75. The lowest BCUT2D eigenvalue weighted by Gasteiger charge is -2.36. The molecule has 0 heterocycles. The average molecular weight is 515 g/mol. The zero-order chi connectivity index (χ0) is 28.4. The van der Waals surface area contributed by atoms with Crippen LogP contribution in [0.5, 0.6) is 0 Å². The predicted molar refractivity (Wildman–Crippen MR) is 143 cm³/mol. The van der Waals surface area contributed by atoms with Crippen LogP contribution in [-0.4, -0.2) is 52.4 Å². The first kappa shape index (κ1) is 31.5. The standard InChI is InChI=1S/C28H42N4O5/c1-9-11-14-17-32(25(35)21(18-22(29)33)30-26(36)37-28(6,7)8)23(24(34)31-27(3,4)5)20-16-13-12-15-19(20)10-2/h2,12-13,15-16,21,23H,9,11,14,17-18H2,1,3-8H3,(H2,29,33)(H,30,36)(H,31,34). The van der Waals surface area contributed by atoms with Crippen LogP contribution < -0.4 is 16.4 Å². The molecule has 0 aromatic heterocycles. The fourth-order valence-electron chi connectivity index (χ4n) is 3.71. The van der Waals surface area contributed by atoms with Gasteiger partial charge in [0.1, 0.15) is 17.7 Å². The van der Waals surface area contributed by atoms with Gasteiger partial charge in [0.25, 0.3) is 0 Å². The van der Waals surface area contributed by atoms with Crippen molar-refractivity contribution in [1.29, 1.82) is 0 Å². The second-order valence-electron chi connectivity index (χ2n) is 11.0. The van der Waals surface area contributed by atoms with Gasteiger partial charge in [-0.2, -0.15) is 0 Å². The van der Waals surface area contributed by atoms with Gasteiger partial charge in [-0.1, -0.05) is 43.9 Å². The summed E-state index contributed by atoms with van der Waals surface area (Å²) in [5, 5.41) is 5.41. The van der Waals surface area contributed by atoms with Gasteiger partial charge in [-0.15, -0.1) is 6.42 Å². The highest BCUT2D eigenvalue weighted by Crippen LogP contribution is 2.27. The molecule has 2 atom stereocenters. The van der Waals surface area contributed by atoms with Crippen LogP contribution in [0.4, 0.5) is 4.79 Å². The monoisotopic (exact) mass is 514 g/mol. The van der Waals surface area contributed by atoms with Crippen molar-refractivity contribution in [1.82, 2.24) is 15.5 Å². The van der Waals surface area contributed by atoms with Crippen LogP contribution >= 0.6 is 0 Å². The number of nitrogens with one attached hydrogen (secondary N) is 2. The number of carbonyl (C=O) groups excluding carboxylic acids is 4. The van der Waals surface area contributed by atoms with Gasteiger partial charge in [-0.3, -0.25) is 14.4 Å². The lowest BCUT2D eigenvalue weighted by Crippen LogP contribution is -2.55. The smallest absolute Gasteiger partial charge is 0.408 e. The lowest BCUT2D eigenvalue weighted by atomic mass is 9.95.